The summed E-state index contributed by atoms with van der Waals surface area (Å²) in [6, 6.07) is 7.92. The number of nitrogens with two attached hydrogens (primary N) is 1. The van der Waals surface area contributed by atoms with Gasteiger partial charge in [-0.15, -0.1) is 6.58 Å². The van der Waals surface area contributed by atoms with Crippen LogP contribution < -0.4 is 11.3 Å². The third-order valence-corrected chi connectivity index (χ3v) is 5.36. The number of nitrogens with zero attached hydrogens (tertiary/aromatic N) is 2. The van der Waals surface area contributed by atoms with Crippen molar-refractivity contribution in [2.45, 2.75) is 16.3 Å². The van der Waals surface area contributed by atoms with Crippen LogP contribution in [-0.2, 0) is 16.4 Å². The molecule has 0 radical (unpaired) electrons. The topological polar surface area (TPSA) is 111 Å². The number of aromatic amines is 1. The fraction of sp³-hybridized carbons (Fsp3) is 0.0667. The van der Waals surface area contributed by atoms with Gasteiger partial charge in [-0.3, -0.25) is 4.79 Å². The molecule has 8 heteroatoms. The molecule has 0 amide bonds. The highest BCUT2D eigenvalue weighted by Gasteiger charge is 2.28. The molecular weight excluding hydrogens is 316 g/mol. The molecule has 0 spiro atoms. The molecule has 23 heavy (non-hydrogen) atoms. The van der Waals surface area contributed by atoms with Gasteiger partial charge in [-0.25, -0.2) is 13.5 Å². The van der Waals surface area contributed by atoms with Crippen LogP contribution in [0.25, 0.3) is 10.9 Å². The second-order valence-electron chi connectivity index (χ2n) is 4.89. The van der Waals surface area contributed by atoms with E-state index in [1.54, 1.807) is 18.2 Å². The zero-order valence-corrected chi connectivity index (χ0v) is 12.9. The Morgan fingerprint density at radius 2 is 2.00 bits per heavy atom. The van der Waals surface area contributed by atoms with Gasteiger partial charge in [0.2, 0.25) is 9.84 Å². The minimum absolute atomic E-state index is 0.0118. The molecule has 0 unspecified atom stereocenters. The minimum atomic E-state index is -3.88. The lowest BCUT2D eigenvalue weighted by molar-refractivity contribution is 0.597. The SMILES string of the molecule is C=CCn1c(N)c(S(=O)(=O)c2ccccc2)c2cn[nH]c(=O)c21. The Labute approximate surface area is 132 Å². The predicted octanol–water partition coefficient (Wildman–Crippen LogP) is 1.33. The van der Waals surface area contributed by atoms with Crippen molar-refractivity contribution < 1.29 is 8.42 Å². The Morgan fingerprint density at radius 1 is 1.30 bits per heavy atom. The molecule has 0 saturated carbocycles. The maximum atomic E-state index is 12.9. The van der Waals surface area contributed by atoms with Gasteiger partial charge >= 0.3 is 0 Å². The molecule has 3 aromatic rings. The van der Waals surface area contributed by atoms with E-state index in [0.717, 1.165) is 0 Å². The van der Waals surface area contributed by atoms with Crippen molar-refractivity contribution in [1.29, 1.82) is 0 Å². The lowest BCUT2D eigenvalue weighted by Gasteiger charge is -2.06. The summed E-state index contributed by atoms with van der Waals surface area (Å²) in [5.41, 5.74) is 5.70. The number of anilines is 1. The molecule has 0 aliphatic heterocycles. The number of hydrogen-bond acceptors (Lipinski definition) is 5. The molecule has 2 aromatic heterocycles. The van der Waals surface area contributed by atoms with E-state index in [0.29, 0.717) is 0 Å². The van der Waals surface area contributed by atoms with Gasteiger partial charge in [-0.1, -0.05) is 24.3 Å². The van der Waals surface area contributed by atoms with Gasteiger partial charge in [0.15, 0.2) is 0 Å². The van der Waals surface area contributed by atoms with Crippen LogP contribution in [0.15, 0.2) is 63.8 Å². The van der Waals surface area contributed by atoms with E-state index in [-0.39, 0.29) is 33.1 Å². The van der Waals surface area contributed by atoms with E-state index >= 15 is 0 Å². The van der Waals surface area contributed by atoms with Crippen LogP contribution in [0.5, 0.6) is 0 Å². The molecule has 118 valence electrons. The number of nitrogen functional groups attached to an aromatic ring is 1. The van der Waals surface area contributed by atoms with Crippen molar-refractivity contribution in [1.82, 2.24) is 14.8 Å². The zero-order valence-electron chi connectivity index (χ0n) is 12.1. The highest BCUT2D eigenvalue weighted by molar-refractivity contribution is 7.92. The van der Waals surface area contributed by atoms with Crippen LogP contribution in [0.4, 0.5) is 5.82 Å². The molecular formula is C15H14N4O3S. The van der Waals surface area contributed by atoms with Crippen molar-refractivity contribution >= 4 is 26.6 Å². The first-order chi connectivity index (χ1) is 11.0. The predicted molar refractivity (Wildman–Crippen MR) is 86.9 cm³/mol. The van der Waals surface area contributed by atoms with Gasteiger partial charge in [0, 0.05) is 11.9 Å². The average molecular weight is 330 g/mol. The lowest BCUT2D eigenvalue weighted by atomic mass is 10.3. The molecule has 1 aromatic carbocycles. The lowest BCUT2D eigenvalue weighted by Crippen LogP contribution is -2.12. The summed E-state index contributed by atoms with van der Waals surface area (Å²) in [5.74, 6) is -0.0118. The smallest absolute Gasteiger partial charge is 0.288 e. The van der Waals surface area contributed by atoms with Crippen LogP contribution >= 0.6 is 0 Å². The number of hydrogen-bond donors (Lipinski definition) is 2. The Morgan fingerprint density at radius 3 is 2.65 bits per heavy atom. The summed E-state index contributed by atoms with van der Waals surface area (Å²) >= 11 is 0. The Kier molecular flexibility index (Phi) is 3.53. The summed E-state index contributed by atoms with van der Waals surface area (Å²) in [7, 11) is -3.88. The first kappa shape index (κ1) is 15.0. The molecule has 0 aliphatic rings. The largest absolute Gasteiger partial charge is 0.384 e. The number of H-pyrrole nitrogens is 1. The van der Waals surface area contributed by atoms with Crippen LogP contribution in [0.1, 0.15) is 0 Å². The Balaban J connectivity index is 2.44. The van der Waals surface area contributed by atoms with E-state index in [1.807, 2.05) is 0 Å². The molecule has 3 rings (SSSR count). The number of sulfone groups is 1. The van der Waals surface area contributed by atoms with E-state index in [9.17, 15) is 13.2 Å². The van der Waals surface area contributed by atoms with Crippen molar-refractivity contribution in [3.8, 4) is 0 Å². The molecule has 0 saturated heterocycles. The highest BCUT2D eigenvalue weighted by atomic mass is 32.2. The van der Waals surface area contributed by atoms with Crippen LogP contribution in [-0.4, -0.2) is 23.2 Å². The summed E-state index contributed by atoms with van der Waals surface area (Å²) in [6.45, 7) is 3.82. The maximum Gasteiger partial charge on any atom is 0.288 e. The molecule has 3 N–H and O–H groups in total. The Hall–Kier alpha value is -2.87. The first-order valence-corrected chi connectivity index (χ1v) is 8.23. The summed E-state index contributed by atoms with van der Waals surface area (Å²) in [6.07, 6.45) is 2.83. The third-order valence-electron chi connectivity index (χ3n) is 3.50. The van der Waals surface area contributed by atoms with E-state index in [2.05, 4.69) is 16.8 Å². The monoisotopic (exact) mass is 330 g/mol. The van der Waals surface area contributed by atoms with Gasteiger partial charge in [-0.05, 0) is 12.1 Å². The Bertz CT molecular complexity index is 1050. The fourth-order valence-electron chi connectivity index (χ4n) is 2.53. The van der Waals surface area contributed by atoms with E-state index in [1.165, 1.54) is 29.0 Å². The molecule has 0 aliphatic carbocycles. The standard InChI is InChI=1S/C15H14N4O3S/c1-2-8-19-12-11(9-17-18-15(12)20)13(14(19)16)23(21,22)10-6-4-3-5-7-10/h2-7,9H,1,8,16H2,(H,18,20). The summed E-state index contributed by atoms with van der Waals surface area (Å²) in [5, 5.41) is 6.18. The zero-order chi connectivity index (χ0) is 16.6. The van der Waals surface area contributed by atoms with Crippen LogP contribution in [0.2, 0.25) is 0 Å². The normalized spacial score (nSPS) is 11.7. The number of rotatable bonds is 4. The van der Waals surface area contributed by atoms with Crippen molar-refractivity contribution in [2.24, 2.45) is 0 Å². The number of nitrogens with one attached hydrogen (secondary N) is 1. The van der Waals surface area contributed by atoms with Crippen LogP contribution in [0.3, 0.4) is 0 Å². The number of aromatic nitrogens is 3. The summed E-state index contributed by atoms with van der Waals surface area (Å²) in [4.78, 5) is 12.1. The van der Waals surface area contributed by atoms with Gasteiger partial charge in [0.1, 0.15) is 16.2 Å². The second-order valence-corrected chi connectivity index (χ2v) is 6.78. The maximum absolute atomic E-state index is 12.9. The minimum Gasteiger partial charge on any atom is -0.384 e. The van der Waals surface area contributed by atoms with Gasteiger partial charge in [-0.2, -0.15) is 5.10 Å². The average Bonchev–Trinajstić information content (AvgIpc) is 2.83. The van der Waals surface area contributed by atoms with Crippen molar-refractivity contribution in [3.63, 3.8) is 0 Å². The number of benzene rings is 1. The van der Waals surface area contributed by atoms with Gasteiger partial charge in [0.25, 0.3) is 5.56 Å². The van der Waals surface area contributed by atoms with E-state index < -0.39 is 15.4 Å². The number of fused-ring (bicyclic) bond motifs is 1. The second kappa shape index (κ2) is 5.40. The fourth-order valence-corrected chi connectivity index (χ4v) is 4.10. The molecule has 2 heterocycles. The number of allylic oxidation sites excluding steroid dienone is 1. The molecule has 0 fully saturated rings. The van der Waals surface area contributed by atoms with Crippen molar-refractivity contribution in [2.75, 3.05) is 5.73 Å². The first-order valence-electron chi connectivity index (χ1n) is 6.75. The molecule has 0 atom stereocenters. The van der Waals surface area contributed by atoms with Crippen molar-refractivity contribution in [3.05, 3.63) is 59.5 Å². The van der Waals surface area contributed by atoms with Gasteiger partial charge < -0.3 is 10.3 Å². The molecule has 7 nitrogen and oxygen atoms in total. The van der Waals surface area contributed by atoms with E-state index in [4.69, 9.17) is 5.73 Å². The van der Waals surface area contributed by atoms with Crippen LogP contribution in [0, 0.1) is 0 Å². The summed E-state index contributed by atoms with van der Waals surface area (Å²) < 4.78 is 27.3. The quantitative estimate of drug-likeness (QED) is 0.701. The highest BCUT2D eigenvalue weighted by Crippen LogP contribution is 2.34. The molecule has 0 bridgehead atoms. The third kappa shape index (κ3) is 2.23. The van der Waals surface area contributed by atoms with Gasteiger partial charge in [0.05, 0.1) is 11.1 Å².